The van der Waals surface area contributed by atoms with Crippen molar-refractivity contribution >= 4 is 47.0 Å². The van der Waals surface area contributed by atoms with Crippen LogP contribution in [0.1, 0.15) is 94.0 Å². The average molecular weight is 590 g/mol. The Kier molecular flexibility index (Phi) is 9.72. The molecule has 0 heterocycles. The molecule has 13 heteroatoms. The van der Waals surface area contributed by atoms with Crippen LogP contribution in [0.2, 0.25) is 0 Å². The molecule has 0 amide bonds. The Labute approximate surface area is 242 Å². The second-order valence-corrected chi connectivity index (χ2v) is 8.51. The van der Waals surface area contributed by atoms with E-state index in [1.165, 1.54) is 0 Å². The standard InChI is InChI=1S/C30H22O13/c1-6-13(32)17-11(5)18(14(33)7-2)24(28(38)39)21(23(17)27(36)37)22-25(29(40)41)19(15(34)8-3)12(10-31)20(16(35)9-4)26(22)30(42)43/h6-9,31H,1-4,10H2,5H3,(H,36,37)(H,38,39)(H,40,41)(H,42,43). The van der Waals surface area contributed by atoms with E-state index < -0.39 is 120 Å². The van der Waals surface area contributed by atoms with E-state index in [9.17, 15) is 63.9 Å². The van der Waals surface area contributed by atoms with Gasteiger partial charge in [0.15, 0.2) is 23.1 Å². The van der Waals surface area contributed by atoms with Gasteiger partial charge in [0.1, 0.15) is 0 Å². The third kappa shape index (κ3) is 5.35. The zero-order valence-corrected chi connectivity index (χ0v) is 22.3. The molecule has 43 heavy (non-hydrogen) atoms. The normalized spacial score (nSPS) is 10.3. The monoisotopic (exact) mass is 590 g/mol. The summed E-state index contributed by atoms with van der Waals surface area (Å²) in [6, 6.07) is 0. The molecule has 13 nitrogen and oxygen atoms in total. The number of hydrogen-bond acceptors (Lipinski definition) is 9. The smallest absolute Gasteiger partial charge is 0.337 e. The van der Waals surface area contributed by atoms with Crippen LogP contribution in [-0.2, 0) is 6.61 Å². The lowest BCUT2D eigenvalue weighted by Crippen LogP contribution is -2.25. The Balaban J connectivity index is 3.90. The maximum absolute atomic E-state index is 13.0. The van der Waals surface area contributed by atoms with Crippen molar-refractivity contribution in [3.63, 3.8) is 0 Å². The number of rotatable bonds is 14. The average Bonchev–Trinajstić information content (AvgIpc) is 2.96. The van der Waals surface area contributed by atoms with Gasteiger partial charge in [0.05, 0.1) is 28.9 Å². The van der Waals surface area contributed by atoms with Crippen LogP contribution in [0.25, 0.3) is 11.1 Å². The Hall–Kier alpha value is -6.08. The maximum Gasteiger partial charge on any atom is 0.337 e. The van der Waals surface area contributed by atoms with Crippen molar-refractivity contribution in [2.75, 3.05) is 0 Å². The molecule has 0 bridgehead atoms. The number of carboxylic acid groups (broad SMARTS) is 4. The third-order valence-electron chi connectivity index (χ3n) is 6.34. The number of allylic oxidation sites excluding steroid dienone is 4. The van der Waals surface area contributed by atoms with E-state index in [-0.39, 0.29) is 0 Å². The van der Waals surface area contributed by atoms with Crippen LogP contribution in [0, 0.1) is 6.92 Å². The van der Waals surface area contributed by atoms with Crippen LogP contribution >= 0.6 is 0 Å². The summed E-state index contributed by atoms with van der Waals surface area (Å²) in [6.45, 7) is 12.7. The van der Waals surface area contributed by atoms with Crippen molar-refractivity contribution in [2.24, 2.45) is 0 Å². The van der Waals surface area contributed by atoms with Gasteiger partial charge in [-0.25, -0.2) is 19.2 Å². The Bertz CT molecular complexity index is 1630. The lowest BCUT2D eigenvalue weighted by molar-refractivity contribution is 0.0669. The van der Waals surface area contributed by atoms with Gasteiger partial charge in [-0.1, -0.05) is 26.3 Å². The molecule has 2 aromatic carbocycles. The molecule has 0 fully saturated rings. The molecule has 2 rings (SSSR count). The number of ketones is 4. The number of aliphatic hydroxyl groups is 1. The number of carboxylic acids is 4. The van der Waals surface area contributed by atoms with Crippen molar-refractivity contribution in [1.29, 1.82) is 0 Å². The fraction of sp³-hybridized carbons (Fsp3) is 0.0667. The van der Waals surface area contributed by atoms with Crippen LogP contribution in [0.3, 0.4) is 0 Å². The highest BCUT2D eigenvalue weighted by Gasteiger charge is 2.41. The zero-order chi connectivity index (χ0) is 33.1. The number of carbonyl (C=O) groups is 8. The highest BCUT2D eigenvalue weighted by Crippen LogP contribution is 2.44. The zero-order valence-electron chi connectivity index (χ0n) is 22.3. The van der Waals surface area contributed by atoms with E-state index in [1.807, 2.05) is 0 Å². The van der Waals surface area contributed by atoms with Crippen LogP contribution in [0.4, 0.5) is 0 Å². The quantitative estimate of drug-likeness (QED) is 0.157. The largest absolute Gasteiger partial charge is 0.478 e. The molecule has 0 aliphatic heterocycles. The van der Waals surface area contributed by atoms with Crippen LogP contribution in [-0.4, -0.2) is 72.5 Å². The first-order valence-electron chi connectivity index (χ1n) is 11.7. The second-order valence-electron chi connectivity index (χ2n) is 8.51. The summed E-state index contributed by atoms with van der Waals surface area (Å²) >= 11 is 0. The minimum atomic E-state index is -2.14. The van der Waals surface area contributed by atoms with E-state index in [2.05, 4.69) is 26.3 Å². The predicted molar refractivity (Wildman–Crippen MR) is 148 cm³/mol. The topological polar surface area (TPSA) is 238 Å². The number of aromatic carboxylic acids is 4. The number of benzene rings is 2. The molecule has 220 valence electrons. The summed E-state index contributed by atoms with van der Waals surface area (Å²) in [5, 5.41) is 51.3. The van der Waals surface area contributed by atoms with Gasteiger partial charge in [0, 0.05) is 38.9 Å². The fourth-order valence-electron chi connectivity index (χ4n) is 4.76. The first kappa shape index (κ1) is 33.1. The SMILES string of the molecule is C=CC(=O)c1c(C)c(C(=O)C=C)c(C(=O)O)c(-c2c(C(=O)O)c(C(=O)C=C)c(CO)c(C(=O)C=C)c2C(=O)O)c1C(=O)O. The van der Waals surface area contributed by atoms with Crippen molar-refractivity contribution in [3.8, 4) is 11.1 Å². The lowest BCUT2D eigenvalue weighted by atomic mass is 9.75. The summed E-state index contributed by atoms with van der Waals surface area (Å²) in [7, 11) is 0. The highest BCUT2D eigenvalue weighted by atomic mass is 16.4. The molecule has 0 atom stereocenters. The molecular formula is C30H22O13. The first-order valence-corrected chi connectivity index (χ1v) is 11.7. The lowest BCUT2D eigenvalue weighted by Gasteiger charge is -2.25. The summed E-state index contributed by atoms with van der Waals surface area (Å²) in [6.07, 6.45) is 2.28. The van der Waals surface area contributed by atoms with E-state index in [4.69, 9.17) is 0 Å². The van der Waals surface area contributed by atoms with E-state index in [0.29, 0.717) is 24.3 Å². The summed E-state index contributed by atoms with van der Waals surface area (Å²) in [5.41, 5.74) is -13.1. The molecule has 0 saturated heterocycles. The number of hydrogen-bond donors (Lipinski definition) is 5. The predicted octanol–water partition coefficient (Wildman–Crippen LogP) is 3.42. The Morgan fingerprint density at radius 3 is 0.930 bits per heavy atom. The molecule has 2 aromatic rings. The molecule has 0 spiro atoms. The number of carbonyl (C=O) groups excluding carboxylic acids is 4. The summed E-state index contributed by atoms with van der Waals surface area (Å²) in [4.78, 5) is 103. The third-order valence-corrected chi connectivity index (χ3v) is 6.34. The Morgan fingerprint density at radius 1 is 0.488 bits per heavy atom. The van der Waals surface area contributed by atoms with Gasteiger partial charge in [-0.05, 0) is 36.8 Å². The molecule has 0 aromatic heterocycles. The van der Waals surface area contributed by atoms with Crippen molar-refractivity contribution < 1.29 is 63.9 Å². The van der Waals surface area contributed by atoms with Crippen molar-refractivity contribution in [3.05, 3.63) is 106 Å². The van der Waals surface area contributed by atoms with Crippen LogP contribution in [0.5, 0.6) is 0 Å². The van der Waals surface area contributed by atoms with Crippen LogP contribution in [0.15, 0.2) is 50.6 Å². The second kappa shape index (κ2) is 12.6. The van der Waals surface area contributed by atoms with E-state index >= 15 is 0 Å². The molecule has 0 unspecified atom stereocenters. The molecular weight excluding hydrogens is 568 g/mol. The first-order chi connectivity index (χ1) is 20.1. The molecule has 0 aliphatic carbocycles. The van der Waals surface area contributed by atoms with Gasteiger partial charge in [-0.3, -0.25) is 19.2 Å². The van der Waals surface area contributed by atoms with E-state index in [1.54, 1.807) is 0 Å². The molecule has 5 N–H and O–H groups in total. The van der Waals surface area contributed by atoms with E-state index in [0.717, 1.165) is 6.92 Å². The van der Waals surface area contributed by atoms with Crippen molar-refractivity contribution in [1.82, 2.24) is 0 Å². The van der Waals surface area contributed by atoms with Gasteiger partial charge in [-0.15, -0.1) is 0 Å². The fourth-order valence-corrected chi connectivity index (χ4v) is 4.76. The van der Waals surface area contributed by atoms with Gasteiger partial charge < -0.3 is 25.5 Å². The summed E-state index contributed by atoms with van der Waals surface area (Å²) < 4.78 is 0. The van der Waals surface area contributed by atoms with Gasteiger partial charge in [0.25, 0.3) is 0 Å². The minimum Gasteiger partial charge on any atom is -0.478 e. The maximum atomic E-state index is 13.0. The molecule has 0 aliphatic rings. The van der Waals surface area contributed by atoms with Crippen LogP contribution < -0.4 is 0 Å². The number of aliphatic hydroxyl groups excluding tert-OH is 1. The van der Waals surface area contributed by atoms with Gasteiger partial charge >= 0.3 is 23.9 Å². The van der Waals surface area contributed by atoms with Crippen molar-refractivity contribution in [2.45, 2.75) is 13.5 Å². The Morgan fingerprint density at radius 2 is 0.721 bits per heavy atom. The summed E-state index contributed by atoms with van der Waals surface area (Å²) in [5.74, 6) is -13.5. The minimum absolute atomic E-state index is 0.515. The van der Waals surface area contributed by atoms with Gasteiger partial charge in [0.2, 0.25) is 0 Å². The molecule has 0 saturated carbocycles. The molecule has 0 radical (unpaired) electrons. The van der Waals surface area contributed by atoms with Gasteiger partial charge in [-0.2, -0.15) is 0 Å². The highest BCUT2D eigenvalue weighted by molar-refractivity contribution is 6.28.